The molecule has 0 bridgehead atoms. The van der Waals surface area contributed by atoms with Crippen molar-refractivity contribution in [3.8, 4) is 0 Å². The lowest BCUT2D eigenvalue weighted by molar-refractivity contribution is 0.585. The Bertz CT molecular complexity index is 295. The molecule has 0 radical (unpaired) electrons. The second-order valence-corrected chi connectivity index (χ2v) is 8.34. The Morgan fingerprint density at radius 3 is 2.39 bits per heavy atom. The van der Waals surface area contributed by atoms with E-state index in [1.165, 1.54) is 45.2 Å². The number of rotatable bonds is 9. The second-order valence-electron chi connectivity index (χ2n) is 5.59. The van der Waals surface area contributed by atoms with Crippen molar-refractivity contribution in [3.63, 3.8) is 0 Å². The SMILES string of the molecule is CC(C)CPC[C@@H](C)CCCPc1ccccc1. The molecule has 18 heavy (non-hydrogen) atoms. The van der Waals surface area contributed by atoms with E-state index in [2.05, 4.69) is 51.1 Å². The van der Waals surface area contributed by atoms with Gasteiger partial charge in [-0.05, 0) is 42.0 Å². The van der Waals surface area contributed by atoms with Crippen LogP contribution in [0, 0.1) is 11.8 Å². The highest BCUT2D eigenvalue weighted by Gasteiger charge is 2.03. The van der Waals surface area contributed by atoms with E-state index in [0.717, 1.165) is 20.4 Å². The Labute approximate surface area is 117 Å². The van der Waals surface area contributed by atoms with Gasteiger partial charge in [0.15, 0.2) is 0 Å². The molecular formula is C16H28P2. The van der Waals surface area contributed by atoms with E-state index >= 15 is 0 Å². The van der Waals surface area contributed by atoms with E-state index in [1.807, 2.05) is 0 Å². The highest BCUT2D eigenvalue weighted by molar-refractivity contribution is 7.47. The fourth-order valence-electron chi connectivity index (χ4n) is 1.96. The minimum atomic E-state index is 0.884. The van der Waals surface area contributed by atoms with Gasteiger partial charge in [0.05, 0.1) is 0 Å². The van der Waals surface area contributed by atoms with Crippen LogP contribution in [-0.4, -0.2) is 18.5 Å². The van der Waals surface area contributed by atoms with Gasteiger partial charge in [0.2, 0.25) is 0 Å². The van der Waals surface area contributed by atoms with Gasteiger partial charge in [-0.3, -0.25) is 0 Å². The molecule has 1 aromatic rings. The smallest absolute Gasteiger partial charge is 0.0271 e. The summed E-state index contributed by atoms with van der Waals surface area (Å²) in [5, 5.41) is 1.52. The van der Waals surface area contributed by atoms with Gasteiger partial charge in [0, 0.05) is 0 Å². The largest absolute Gasteiger partial charge is 0.122 e. The molecule has 0 saturated carbocycles. The maximum absolute atomic E-state index is 2.43. The van der Waals surface area contributed by atoms with Crippen LogP contribution in [0.5, 0.6) is 0 Å². The summed E-state index contributed by atoms with van der Waals surface area (Å²) < 4.78 is 0. The first-order chi connectivity index (χ1) is 8.68. The fraction of sp³-hybridized carbons (Fsp3) is 0.625. The minimum Gasteiger partial charge on any atom is -0.122 e. The van der Waals surface area contributed by atoms with Gasteiger partial charge in [0.25, 0.3) is 0 Å². The molecule has 0 aliphatic rings. The van der Waals surface area contributed by atoms with E-state index in [9.17, 15) is 0 Å². The first kappa shape index (κ1) is 16.1. The number of benzene rings is 1. The average Bonchev–Trinajstić information content (AvgIpc) is 2.35. The average molecular weight is 282 g/mol. The standard InChI is InChI=1S/C16H28P2/c1-14(2)12-17-13-15(3)8-7-11-18-16-9-5-4-6-10-16/h4-6,9-10,14-15,17-18H,7-8,11-13H2,1-3H3/t15-/m0/s1. The highest BCUT2D eigenvalue weighted by Crippen LogP contribution is 2.22. The molecule has 102 valence electrons. The van der Waals surface area contributed by atoms with Crippen LogP contribution in [0.3, 0.4) is 0 Å². The number of hydrogen-bond donors (Lipinski definition) is 0. The molecule has 0 aromatic heterocycles. The van der Waals surface area contributed by atoms with E-state index < -0.39 is 0 Å². The highest BCUT2D eigenvalue weighted by atomic mass is 31.1. The lowest BCUT2D eigenvalue weighted by Crippen LogP contribution is -2.01. The van der Waals surface area contributed by atoms with Gasteiger partial charge in [-0.25, -0.2) is 0 Å². The third kappa shape index (κ3) is 8.23. The van der Waals surface area contributed by atoms with Crippen LogP contribution in [0.2, 0.25) is 0 Å². The van der Waals surface area contributed by atoms with Gasteiger partial charge in [-0.15, -0.1) is 8.58 Å². The van der Waals surface area contributed by atoms with E-state index in [0.29, 0.717) is 0 Å². The number of hydrogen-bond acceptors (Lipinski definition) is 0. The zero-order chi connectivity index (χ0) is 13.2. The zero-order valence-corrected chi connectivity index (χ0v) is 14.1. The van der Waals surface area contributed by atoms with E-state index in [-0.39, 0.29) is 0 Å². The van der Waals surface area contributed by atoms with Crippen molar-refractivity contribution in [2.45, 2.75) is 33.6 Å². The molecule has 0 amide bonds. The minimum absolute atomic E-state index is 0.884. The van der Waals surface area contributed by atoms with Crippen molar-refractivity contribution in [2.75, 3.05) is 18.5 Å². The molecule has 0 N–H and O–H groups in total. The van der Waals surface area contributed by atoms with Crippen LogP contribution in [0.25, 0.3) is 0 Å². The predicted octanol–water partition coefficient (Wildman–Crippen LogP) is 4.74. The van der Waals surface area contributed by atoms with Crippen molar-refractivity contribution < 1.29 is 0 Å². The van der Waals surface area contributed by atoms with Gasteiger partial charge in [0.1, 0.15) is 0 Å². The Hall–Kier alpha value is 0.0800. The first-order valence-corrected chi connectivity index (χ1v) is 9.80. The van der Waals surface area contributed by atoms with Crippen LogP contribution in [-0.2, 0) is 0 Å². The molecule has 0 fully saturated rings. The van der Waals surface area contributed by atoms with Crippen molar-refractivity contribution in [2.24, 2.45) is 11.8 Å². The summed E-state index contributed by atoms with van der Waals surface area (Å²) in [6, 6.07) is 10.9. The summed E-state index contributed by atoms with van der Waals surface area (Å²) in [7, 11) is 2.18. The summed E-state index contributed by atoms with van der Waals surface area (Å²) in [5.41, 5.74) is 0. The third-order valence-electron chi connectivity index (χ3n) is 3.02. The Kier molecular flexibility index (Phi) is 8.91. The van der Waals surface area contributed by atoms with Gasteiger partial charge >= 0.3 is 0 Å². The van der Waals surface area contributed by atoms with Gasteiger partial charge in [-0.2, -0.15) is 0 Å². The maximum atomic E-state index is 2.43. The van der Waals surface area contributed by atoms with E-state index in [1.54, 1.807) is 0 Å². The van der Waals surface area contributed by atoms with Crippen molar-refractivity contribution in [1.29, 1.82) is 0 Å². The summed E-state index contributed by atoms with van der Waals surface area (Å²) in [5.74, 6) is 1.82. The molecule has 0 heterocycles. The Balaban J connectivity index is 2.00. The van der Waals surface area contributed by atoms with Crippen molar-refractivity contribution >= 4 is 22.5 Å². The van der Waals surface area contributed by atoms with E-state index in [4.69, 9.17) is 0 Å². The lowest BCUT2D eigenvalue weighted by Gasteiger charge is -2.12. The zero-order valence-electron chi connectivity index (χ0n) is 12.1. The Morgan fingerprint density at radius 2 is 1.72 bits per heavy atom. The molecule has 2 unspecified atom stereocenters. The topological polar surface area (TPSA) is 0 Å². The van der Waals surface area contributed by atoms with Crippen LogP contribution < -0.4 is 5.30 Å². The van der Waals surface area contributed by atoms with Crippen LogP contribution in [0.15, 0.2) is 30.3 Å². The predicted molar refractivity (Wildman–Crippen MR) is 90.5 cm³/mol. The summed E-state index contributed by atoms with van der Waals surface area (Å²) in [6.07, 6.45) is 7.08. The molecule has 0 aliphatic heterocycles. The molecule has 0 aliphatic carbocycles. The molecule has 1 rings (SSSR count). The van der Waals surface area contributed by atoms with Crippen molar-refractivity contribution in [1.82, 2.24) is 0 Å². The first-order valence-electron chi connectivity index (χ1n) is 7.18. The third-order valence-corrected chi connectivity index (χ3v) is 6.46. The molecule has 3 atom stereocenters. The van der Waals surface area contributed by atoms with Gasteiger partial charge in [-0.1, -0.05) is 66.1 Å². The van der Waals surface area contributed by atoms with Crippen LogP contribution in [0.4, 0.5) is 0 Å². The summed E-state index contributed by atoms with van der Waals surface area (Å²) in [4.78, 5) is 0. The van der Waals surface area contributed by atoms with Gasteiger partial charge < -0.3 is 0 Å². The lowest BCUT2D eigenvalue weighted by atomic mass is 10.1. The fourth-order valence-corrected chi connectivity index (χ4v) is 4.50. The summed E-state index contributed by atoms with van der Waals surface area (Å²) >= 11 is 0. The Morgan fingerprint density at radius 1 is 1.00 bits per heavy atom. The maximum Gasteiger partial charge on any atom is -0.0271 e. The van der Waals surface area contributed by atoms with Crippen LogP contribution in [0.1, 0.15) is 33.6 Å². The molecule has 0 saturated heterocycles. The summed E-state index contributed by atoms with van der Waals surface area (Å²) in [6.45, 7) is 7.09. The quantitative estimate of drug-likeness (QED) is 0.453. The monoisotopic (exact) mass is 282 g/mol. The molecule has 2 heteroatoms. The normalized spacial score (nSPS) is 14.2. The molecule has 0 nitrogen and oxygen atoms in total. The van der Waals surface area contributed by atoms with Crippen LogP contribution >= 0.6 is 17.2 Å². The second kappa shape index (κ2) is 9.94. The molecule has 1 aromatic carbocycles. The molecule has 0 spiro atoms. The van der Waals surface area contributed by atoms with Crippen molar-refractivity contribution in [3.05, 3.63) is 30.3 Å². The molecular weight excluding hydrogens is 254 g/mol.